The first-order chi connectivity index (χ1) is 13.3. The molecular formula is C25H20S2. The summed E-state index contributed by atoms with van der Waals surface area (Å²) < 4.78 is 0. The predicted molar refractivity (Wildman–Crippen MR) is 121 cm³/mol. The van der Waals surface area contributed by atoms with Crippen LogP contribution in [0.15, 0.2) is 66.7 Å². The van der Waals surface area contributed by atoms with E-state index in [1.165, 1.54) is 47.9 Å². The van der Waals surface area contributed by atoms with Gasteiger partial charge in [-0.15, -0.1) is 0 Å². The molecule has 2 aliphatic rings. The second kappa shape index (κ2) is 6.78. The number of fused-ring (bicyclic) bond motifs is 2. The van der Waals surface area contributed by atoms with Crippen LogP contribution in [-0.2, 0) is 0 Å². The Morgan fingerprint density at radius 2 is 1.19 bits per heavy atom. The Balaban J connectivity index is 1.72. The minimum Gasteiger partial charge on any atom is -0.0787 e. The smallest absolute Gasteiger partial charge is 0.0541 e. The average molecular weight is 385 g/mol. The van der Waals surface area contributed by atoms with E-state index in [0.29, 0.717) is 5.92 Å². The summed E-state index contributed by atoms with van der Waals surface area (Å²) >= 11 is 12.1. The third-order valence-electron chi connectivity index (χ3n) is 5.98. The van der Waals surface area contributed by atoms with Crippen molar-refractivity contribution in [2.75, 3.05) is 0 Å². The second-order valence-corrected chi connectivity index (χ2v) is 8.32. The minimum absolute atomic E-state index is 0.625. The van der Waals surface area contributed by atoms with Crippen molar-refractivity contribution in [1.29, 1.82) is 0 Å². The third kappa shape index (κ3) is 2.70. The van der Waals surface area contributed by atoms with Gasteiger partial charge in [-0.3, -0.25) is 0 Å². The molecule has 0 atom stereocenters. The predicted octanol–water partition coefficient (Wildman–Crippen LogP) is 6.86. The van der Waals surface area contributed by atoms with Crippen molar-refractivity contribution in [3.05, 3.63) is 94.5 Å². The van der Waals surface area contributed by atoms with Gasteiger partial charge in [0, 0.05) is 22.3 Å². The van der Waals surface area contributed by atoms with E-state index in [-0.39, 0.29) is 0 Å². The summed E-state index contributed by atoms with van der Waals surface area (Å²) in [6.45, 7) is 0. The van der Waals surface area contributed by atoms with Crippen LogP contribution in [0.1, 0.15) is 59.4 Å². The second-order valence-electron chi connectivity index (χ2n) is 7.50. The van der Waals surface area contributed by atoms with Crippen LogP contribution in [0.2, 0.25) is 0 Å². The molecule has 0 saturated heterocycles. The number of rotatable bonds is 2. The molecule has 1 saturated carbocycles. The molecule has 0 heterocycles. The highest BCUT2D eigenvalue weighted by Crippen LogP contribution is 2.42. The number of hydrogen-bond acceptors (Lipinski definition) is 2. The van der Waals surface area contributed by atoms with Gasteiger partial charge < -0.3 is 0 Å². The van der Waals surface area contributed by atoms with Crippen LogP contribution in [0.5, 0.6) is 0 Å². The minimum atomic E-state index is 0.625. The topological polar surface area (TPSA) is 0 Å². The molecule has 0 aromatic heterocycles. The Labute approximate surface area is 171 Å². The lowest BCUT2D eigenvalue weighted by Crippen LogP contribution is -2.22. The largest absolute Gasteiger partial charge is 0.0787 e. The van der Waals surface area contributed by atoms with Gasteiger partial charge in [0.2, 0.25) is 0 Å². The van der Waals surface area contributed by atoms with Gasteiger partial charge in [0.15, 0.2) is 0 Å². The van der Waals surface area contributed by atoms with Crippen molar-refractivity contribution in [3.8, 4) is 11.1 Å². The highest BCUT2D eigenvalue weighted by atomic mass is 32.1. The summed E-state index contributed by atoms with van der Waals surface area (Å²) in [4.78, 5) is 1.90. The summed E-state index contributed by atoms with van der Waals surface area (Å²) in [5, 5.41) is 0. The Kier molecular flexibility index (Phi) is 4.26. The molecule has 132 valence electrons. The summed E-state index contributed by atoms with van der Waals surface area (Å²) in [5.74, 6) is 0.625. The molecule has 5 rings (SSSR count). The Morgan fingerprint density at radius 1 is 0.593 bits per heavy atom. The van der Waals surface area contributed by atoms with Crippen LogP contribution in [0.25, 0.3) is 11.1 Å². The quantitative estimate of drug-likeness (QED) is 0.346. The van der Waals surface area contributed by atoms with Crippen molar-refractivity contribution < 1.29 is 0 Å². The molecule has 0 bridgehead atoms. The first-order valence-corrected chi connectivity index (χ1v) is 10.5. The van der Waals surface area contributed by atoms with Crippen molar-refractivity contribution >= 4 is 34.2 Å². The van der Waals surface area contributed by atoms with Crippen molar-refractivity contribution in [2.45, 2.75) is 31.6 Å². The fraction of sp³-hybridized carbons (Fsp3) is 0.200. The van der Waals surface area contributed by atoms with Crippen LogP contribution in [0, 0.1) is 0 Å². The van der Waals surface area contributed by atoms with Crippen LogP contribution in [-0.4, -0.2) is 9.73 Å². The fourth-order valence-corrected chi connectivity index (χ4v) is 5.49. The summed E-state index contributed by atoms with van der Waals surface area (Å²) in [6.07, 6.45) is 5.17. The van der Waals surface area contributed by atoms with E-state index >= 15 is 0 Å². The van der Waals surface area contributed by atoms with Gasteiger partial charge >= 0.3 is 0 Å². The standard InChI is InChI=1S/C25H20S2/c26-24-21-15-7-13-19(17-10-4-5-11-17)23(21)25(27)20-14-6-12-18(22(20)24)16-8-2-1-3-9-16/h1-3,6-9,12-15,17H,4-5,10-11H2. The average Bonchev–Trinajstić information content (AvgIpc) is 3.26. The maximum Gasteiger partial charge on any atom is 0.0541 e. The lowest BCUT2D eigenvalue weighted by molar-refractivity contribution is 0.722. The first-order valence-electron chi connectivity index (χ1n) is 9.66. The zero-order chi connectivity index (χ0) is 18.4. The van der Waals surface area contributed by atoms with Crippen LogP contribution >= 0.6 is 24.4 Å². The monoisotopic (exact) mass is 384 g/mol. The molecule has 0 aliphatic heterocycles. The van der Waals surface area contributed by atoms with E-state index < -0.39 is 0 Å². The Hall–Kier alpha value is -2.16. The van der Waals surface area contributed by atoms with Gasteiger partial charge in [0.1, 0.15) is 0 Å². The molecule has 0 radical (unpaired) electrons. The normalized spacial score (nSPS) is 16.3. The highest BCUT2D eigenvalue weighted by molar-refractivity contribution is 7.82. The maximum absolute atomic E-state index is 6.04. The van der Waals surface area contributed by atoms with Gasteiger partial charge in [-0.05, 0) is 35.4 Å². The van der Waals surface area contributed by atoms with Crippen molar-refractivity contribution in [2.24, 2.45) is 0 Å². The molecule has 3 aromatic carbocycles. The molecule has 0 spiro atoms. The maximum atomic E-state index is 6.04. The summed E-state index contributed by atoms with van der Waals surface area (Å²) in [7, 11) is 0. The van der Waals surface area contributed by atoms with Gasteiger partial charge in [0.05, 0.1) is 9.73 Å². The molecular weight excluding hydrogens is 364 g/mol. The molecule has 2 aliphatic carbocycles. The SMILES string of the molecule is S=C1c2cccc(C3CCCC3)c2C(=S)c2cccc(-c3ccccc3)c21. The molecule has 2 heteroatoms. The summed E-state index contributed by atoms with van der Waals surface area (Å²) in [5.41, 5.74) is 8.40. The Morgan fingerprint density at radius 3 is 1.93 bits per heavy atom. The van der Waals surface area contributed by atoms with E-state index in [1.807, 2.05) is 6.07 Å². The third-order valence-corrected chi connectivity index (χ3v) is 6.83. The number of hydrogen-bond donors (Lipinski definition) is 0. The molecule has 0 N–H and O–H groups in total. The zero-order valence-corrected chi connectivity index (χ0v) is 16.7. The zero-order valence-electron chi connectivity index (χ0n) is 15.1. The van der Waals surface area contributed by atoms with E-state index in [9.17, 15) is 0 Å². The van der Waals surface area contributed by atoms with E-state index in [2.05, 4.69) is 60.7 Å². The molecule has 0 unspecified atom stereocenters. The summed E-state index contributed by atoms with van der Waals surface area (Å²) in [6, 6.07) is 23.5. The van der Waals surface area contributed by atoms with E-state index in [1.54, 1.807) is 0 Å². The highest BCUT2D eigenvalue weighted by Gasteiger charge is 2.31. The van der Waals surface area contributed by atoms with Crippen LogP contribution in [0.3, 0.4) is 0 Å². The van der Waals surface area contributed by atoms with Crippen molar-refractivity contribution in [1.82, 2.24) is 0 Å². The number of benzene rings is 3. The van der Waals surface area contributed by atoms with Crippen LogP contribution < -0.4 is 0 Å². The lowest BCUT2D eigenvalue weighted by atomic mass is 9.78. The Bertz CT molecular complexity index is 1060. The van der Waals surface area contributed by atoms with E-state index in [0.717, 1.165) is 26.4 Å². The van der Waals surface area contributed by atoms with E-state index in [4.69, 9.17) is 24.4 Å². The fourth-order valence-electron chi connectivity index (χ4n) is 4.70. The molecule has 0 nitrogen and oxygen atoms in total. The van der Waals surface area contributed by atoms with Crippen LogP contribution in [0.4, 0.5) is 0 Å². The van der Waals surface area contributed by atoms with Gasteiger partial charge in [-0.2, -0.15) is 0 Å². The molecule has 1 fully saturated rings. The molecule has 3 aromatic rings. The molecule has 0 amide bonds. The molecule has 27 heavy (non-hydrogen) atoms. The first kappa shape index (κ1) is 17.0. The van der Waals surface area contributed by atoms with Gasteiger partial charge in [-0.25, -0.2) is 0 Å². The van der Waals surface area contributed by atoms with Gasteiger partial charge in [0.25, 0.3) is 0 Å². The van der Waals surface area contributed by atoms with Gasteiger partial charge in [-0.1, -0.05) is 104 Å². The lowest BCUT2D eigenvalue weighted by Gasteiger charge is -2.27. The van der Waals surface area contributed by atoms with Crippen molar-refractivity contribution in [3.63, 3.8) is 0 Å². The number of thiocarbonyl (C=S) groups is 2.